The van der Waals surface area contributed by atoms with Crippen molar-refractivity contribution in [2.45, 2.75) is 39.5 Å². The van der Waals surface area contributed by atoms with Gasteiger partial charge in [0.15, 0.2) is 0 Å². The maximum Gasteiger partial charge on any atom is 0.417 e. The molecular weight excluding hydrogens is 280 g/mol. The van der Waals surface area contributed by atoms with Crippen molar-refractivity contribution < 1.29 is 19.1 Å². The molecule has 4 nitrogen and oxygen atoms in total. The lowest BCUT2D eigenvalue weighted by Gasteiger charge is -2.25. The van der Waals surface area contributed by atoms with Crippen LogP contribution in [0.2, 0.25) is 0 Å². The summed E-state index contributed by atoms with van der Waals surface area (Å²) in [5.74, 6) is -0.176. The Labute approximate surface area is 132 Å². The Hall–Kier alpha value is -1.58. The number of carbonyl (C=O) groups excluding carboxylic acids is 2. The van der Waals surface area contributed by atoms with Crippen LogP contribution < -0.4 is 0 Å². The predicted octanol–water partition coefficient (Wildman–Crippen LogP) is 3.28. The van der Waals surface area contributed by atoms with Gasteiger partial charge in [0.25, 0.3) is 0 Å². The standard InChI is InChI=1S/C18H26O4/c1-13-7-3-5-9-15(13)11-21-17(19)18(20)22-12-16-10-6-4-8-14(16)2/h3-6,13-16H,7-12H2,1-2H3/t13-,14+,15-,16-/m1/s1. The Morgan fingerprint density at radius 2 is 1.14 bits per heavy atom. The van der Waals surface area contributed by atoms with E-state index in [1.807, 2.05) is 0 Å². The Morgan fingerprint density at radius 3 is 1.50 bits per heavy atom. The molecular formula is C18H26O4. The van der Waals surface area contributed by atoms with Crippen LogP contribution in [-0.2, 0) is 19.1 Å². The van der Waals surface area contributed by atoms with Crippen LogP contribution in [0.3, 0.4) is 0 Å². The van der Waals surface area contributed by atoms with Crippen molar-refractivity contribution in [2.75, 3.05) is 13.2 Å². The first-order chi connectivity index (χ1) is 10.6. The number of ether oxygens (including phenoxy) is 2. The van der Waals surface area contributed by atoms with Crippen molar-refractivity contribution in [1.82, 2.24) is 0 Å². The number of carbonyl (C=O) groups is 2. The van der Waals surface area contributed by atoms with Crippen LogP contribution >= 0.6 is 0 Å². The molecule has 0 aromatic rings. The monoisotopic (exact) mass is 306 g/mol. The molecule has 0 saturated carbocycles. The lowest BCUT2D eigenvalue weighted by molar-refractivity contribution is -0.169. The molecule has 0 bridgehead atoms. The van der Waals surface area contributed by atoms with E-state index in [1.54, 1.807) is 0 Å². The molecule has 0 fully saturated rings. The molecule has 4 heteroatoms. The maximum absolute atomic E-state index is 11.7. The molecule has 2 aliphatic rings. The average molecular weight is 306 g/mol. The quantitative estimate of drug-likeness (QED) is 0.454. The molecule has 0 aliphatic heterocycles. The average Bonchev–Trinajstić information content (AvgIpc) is 2.52. The summed E-state index contributed by atoms with van der Waals surface area (Å²) in [5, 5.41) is 0. The zero-order valence-electron chi connectivity index (χ0n) is 13.5. The highest BCUT2D eigenvalue weighted by molar-refractivity contribution is 6.29. The van der Waals surface area contributed by atoms with Gasteiger partial charge in [-0.1, -0.05) is 38.2 Å². The molecule has 0 saturated heterocycles. The van der Waals surface area contributed by atoms with E-state index in [0.717, 1.165) is 25.7 Å². The number of allylic oxidation sites excluding steroid dienone is 4. The summed E-state index contributed by atoms with van der Waals surface area (Å²) in [5.41, 5.74) is 0. The van der Waals surface area contributed by atoms with Gasteiger partial charge < -0.3 is 9.47 Å². The molecule has 4 atom stereocenters. The lowest BCUT2D eigenvalue weighted by atomic mass is 9.85. The van der Waals surface area contributed by atoms with Gasteiger partial charge in [0, 0.05) is 0 Å². The summed E-state index contributed by atoms with van der Waals surface area (Å²) in [6, 6.07) is 0. The second kappa shape index (κ2) is 8.16. The SMILES string of the molecule is C[C@@H]1CC=CC[C@@H]1COC(=O)C(=O)OC[C@H]1CC=CC[C@@H]1C. The van der Waals surface area contributed by atoms with Gasteiger partial charge >= 0.3 is 11.9 Å². The van der Waals surface area contributed by atoms with Crippen molar-refractivity contribution in [1.29, 1.82) is 0 Å². The fraction of sp³-hybridized carbons (Fsp3) is 0.667. The Morgan fingerprint density at radius 1 is 0.773 bits per heavy atom. The Kier molecular flexibility index (Phi) is 6.22. The number of esters is 2. The molecule has 0 N–H and O–H groups in total. The zero-order valence-corrected chi connectivity index (χ0v) is 13.5. The number of hydrogen-bond donors (Lipinski definition) is 0. The molecule has 2 aliphatic carbocycles. The van der Waals surface area contributed by atoms with Crippen LogP contribution in [0, 0.1) is 23.7 Å². The lowest BCUT2D eigenvalue weighted by Crippen LogP contribution is -2.28. The van der Waals surface area contributed by atoms with Crippen LogP contribution in [0.1, 0.15) is 39.5 Å². The fourth-order valence-corrected chi connectivity index (χ4v) is 2.96. The van der Waals surface area contributed by atoms with E-state index < -0.39 is 11.9 Å². The van der Waals surface area contributed by atoms with E-state index in [0.29, 0.717) is 36.9 Å². The van der Waals surface area contributed by atoms with Crippen molar-refractivity contribution >= 4 is 11.9 Å². The van der Waals surface area contributed by atoms with Crippen LogP contribution in [0.5, 0.6) is 0 Å². The van der Waals surface area contributed by atoms with Crippen molar-refractivity contribution in [3.63, 3.8) is 0 Å². The van der Waals surface area contributed by atoms with Gasteiger partial charge in [0.2, 0.25) is 0 Å². The molecule has 0 aromatic heterocycles. The molecule has 22 heavy (non-hydrogen) atoms. The number of hydrogen-bond acceptors (Lipinski definition) is 4. The van der Waals surface area contributed by atoms with Crippen LogP contribution in [-0.4, -0.2) is 25.2 Å². The summed E-state index contributed by atoms with van der Waals surface area (Å²) in [6.45, 7) is 4.86. The first-order valence-corrected chi connectivity index (χ1v) is 8.21. The minimum absolute atomic E-state index is 0.294. The van der Waals surface area contributed by atoms with Gasteiger partial charge in [-0.2, -0.15) is 0 Å². The Bertz CT molecular complexity index is 410. The van der Waals surface area contributed by atoms with Gasteiger partial charge in [0.05, 0.1) is 13.2 Å². The highest BCUT2D eigenvalue weighted by atomic mass is 16.6. The molecule has 0 unspecified atom stereocenters. The normalized spacial score (nSPS) is 30.8. The van der Waals surface area contributed by atoms with E-state index in [-0.39, 0.29) is 0 Å². The van der Waals surface area contributed by atoms with E-state index in [1.165, 1.54) is 0 Å². The predicted molar refractivity (Wildman–Crippen MR) is 84.0 cm³/mol. The third-order valence-electron chi connectivity index (χ3n) is 4.86. The summed E-state index contributed by atoms with van der Waals surface area (Å²) in [7, 11) is 0. The number of rotatable bonds is 4. The van der Waals surface area contributed by atoms with Gasteiger partial charge in [-0.15, -0.1) is 0 Å². The van der Waals surface area contributed by atoms with Gasteiger partial charge in [-0.05, 0) is 49.4 Å². The second-order valence-electron chi connectivity index (χ2n) is 6.56. The summed E-state index contributed by atoms with van der Waals surface area (Å²) in [4.78, 5) is 23.4. The van der Waals surface area contributed by atoms with Gasteiger partial charge in [-0.3, -0.25) is 0 Å². The third kappa shape index (κ3) is 4.72. The highest BCUT2D eigenvalue weighted by Crippen LogP contribution is 2.26. The second-order valence-corrected chi connectivity index (χ2v) is 6.56. The highest BCUT2D eigenvalue weighted by Gasteiger charge is 2.25. The molecule has 0 spiro atoms. The van der Waals surface area contributed by atoms with Crippen molar-refractivity contribution in [2.24, 2.45) is 23.7 Å². The maximum atomic E-state index is 11.7. The van der Waals surface area contributed by atoms with Crippen molar-refractivity contribution in [3.05, 3.63) is 24.3 Å². The summed E-state index contributed by atoms with van der Waals surface area (Å²) >= 11 is 0. The minimum atomic E-state index is -0.860. The van der Waals surface area contributed by atoms with E-state index >= 15 is 0 Å². The van der Waals surface area contributed by atoms with Crippen LogP contribution in [0.4, 0.5) is 0 Å². The summed E-state index contributed by atoms with van der Waals surface area (Å²) in [6.07, 6.45) is 12.3. The molecule has 0 amide bonds. The third-order valence-corrected chi connectivity index (χ3v) is 4.86. The minimum Gasteiger partial charge on any atom is -0.457 e. The zero-order chi connectivity index (χ0) is 15.9. The molecule has 2 rings (SSSR count). The van der Waals surface area contributed by atoms with Crippen LogP contribution in [0.25, 0.3) is 0 Å². The molecule has 0 heterocycles. The topological polar surface area (TPSA) is 52.6 Å². The van der Waals surface area contributed by atoms with Gasteiger partial charge in [0.1, 0.15) is 0 Å². The first kappa shape index (κ1) is 16.8. The fourth-order valence-electron chi connectivity index (χ4n) is 2.96. The van der Waals surface area contributed by atoms with E-state index in [9.17, 15) is 9.59 Å². The first-order valence-electron chi connectivity index (χ1n) is 8.21. The van der Waals surface area contributed by atoms with E-state index in [4.69, 9.17) is 9.47 Å². The van der Waals surface area contributed by atoms with Crippen LogP contribution in [0.15, 0.2) is 24.3 Å². The largest absolute Gasteiger partial charge is 0.457 e. The smallest absolute Gasteiger partial charge is 0.417 e. The summed E-state index contributed by atoms with van der Waals surface area (Å²) < 4.78 is 10.2. The molecule has 0 aromatic carbocycles. The van der Waals surface area contributed by atoms with Gasteiger partial charge in [-0.25, -0.2) is 9.59 Å². The van der Waals surface area contributed by atoms with E-state index in [2.05, 4.69) is 38.2 Å². The molecule has 0 radical (unpaired) electrons. The molecule has 122 valence electrons. The Balaban J connectivity index is 1.69. The van der Waals surface area contributed by atoms with Crippen molar-refractivity contribution in [3.8, 4) is 0 Å².